The molecule has 40 heavy (non-hydrogen) atoms. The highest BCUT2D eigenvalue weighted by molar-refractivity contribution is 6.03. The number of H-pyrrole nitrogens is 2. The van der Waals surface area contributed by atoms with Gasteiger partial charge in [0.1, 0.15) is 0 Å². The van der Waals surface area contributed by atoms with Gasteiger partial charge < -0.3 is 25.0 Å². The second-order valence-corrected chi connectivity index (χ2v) is 9.91. The molecule has 0 saturated carbocycles. The van der Waals surface area contributed by atoms with Crippen LogP contribution in [0.15, 0.2) is 77.8 Å². The number of hydrogen-bond donors (Lipinski definition) is 4. The number of aliphatic imine (C=N–C) groups is 1. The summed E-state index contributed by atoms with van der Waals surface area (Å²) in [4.78, 5) is 22.5. The summed E-state index contributed by atoms with van der Waals surface area (Å²) >= 11 is 0. The molecule has 5 aromatic rings. The topological polar surface area (TPSA) is 119 Å². The summed E-state index contributed by atoms with van der Waals surface area (Å²) in [5.74, 6) is -0.176. The summed E-state index contributed by atoms with van der Waals surface area (Å²) in [5.41, 5.74) is 7.45. The Bertz CT molecular complexity index is 1680. The van der Waals surface area contributed by atoms with E-state index in [1.807, 2.05) is 55.5 Å². The first kappa shape index (κ1) is 25.4. The first-order chi connectivity index (χ1) is 19.5. The molecule has 1 fully saturated rings. The van der Waals surface area contributed by atoms with Crippen molar-refractivity contribution < 1.29 is 14.6 Å². The predicted octanol–water partition coefficient (Wildman–Crippen LogP) is 5.34. The van der Waals surface area contributed by atoms with Gasteiger partial charge in [-0.15, -0.1) is 0 Å². The number of aromatic nitrogens is 3. The van der Waals surface area contributed by atoms with Gasteiger partial charge in [-0.3, -0.25) is 14.9 Å². The smallest absolute Gasteiger partial charge is 0.276 e. The molecule has 6 rings (SSSR count). The molecule has 3 heterocycles. The van der Waals surface area contributed by atoms with Gasteiger partial charge in [-0.1, -0.05) is 18.2 Å². The van der Waals surface area contributed by atoms with Crippen LogP contribution in [0, 0.1) is 6.92 Å². The highest BCUT2D eigenvalue weighted by Crippen LogP contribution is 2.29. The number of amides is 1. The van der Waals surface area contributed by atoms with E-state index in [4.69, 9.17) is 4.74 Å². The number of aryl methyl sites for hydroxylation is 1. The van der Waals surface area contributed by atoms with Crippen LogP contribution in [-0.4, -0.2) is 58.7 Å². The van der Waals surface area contributed by atoms with E-state index in [1.165, 1.54) is 0 Å². The van der Waals surface area contributed by atoms with E-state index in [2.05, 4.69) is 48.6 Å². The number of anilines is 2. The highest BCUT2D eigenvalue weighted by atomic mass is 16.5. The first-order valence-electron chi connectivity index (χ1n) is 13.2. The van der Waals surface area contributed by atoms with Crippen molar-refractivity contribution in [3.05, 3.63) is 101 Å². The summed E-state index contributed by atoms with van der Waals surface area (Å²) in [6.07, 6.45) is 2.36. The lowest BCUT2D eigenvalue weighted by molar-refractivity contribution is 0.102. The number of carbonyl (C=O) groups excluding carboxylic acids is 1. The van der Waals surface area contributed by atoms with E-state index in [-0.39, 0.29) is 11.8 Å². The van der Waals surface area contributed by atoms with Crippen LogP contribution in [0.1, 0.15) is 32.9 Å². The minimum Gasteiger partial charge on any atom is -0.494 e. The molecular weight excluding hydrogens is 504 g/mol. The van der Waals surface area contributed by atoms with E-state index in [1.54, 1.807) is 12.3 Å². The number of nitrogens with one attached hydrogen (secondary N) is 3. The Morgan fingerprint density at radius 1 is 1.07 bits per heavy atom. The molecule has 1 aliphatic heterocycles. The van der Waals surface area contributed by atoms with Crippen LogP contribution >= 0.6 is 0 Å². The summed E-state index contributed by atoms with van der Waals surface area (Å²) < 4.78 is 5.44. The van der Waals surface area contributed by atoms with Crippen molar-refractivity contribution >= 4 is 40.1 Å². The van der Waals surface area contributed by atoms with Gasteiger partial charge in [0.2, 0.25) is 0 Å². The number of rotatable bonds is 7. The molecule has 1 amide bonds. The van der Waals surface area contributed by atoms with Gasteiger partial charge in [-0.05, 0) is 79.1 Å². The monoisotopic (exact) mass is 534 g/mol. The standard InChI is InChI=1S/C31H30N6O3/c1-20-15-29(36-35-20)31(39)33-24-4-2-3-21(17-24)16-22-5-10-28-26(18-22)27(30(38)34-28)19-32-23-6-8-25(9-7-23)37-11-13-40-14-12-37/h2-10,15,17-19,34,38H,11-14,16H2,1H3,(H,33,39)(H,35,36). The number of fused-ring (bicyclic) bond motifs is 1. The van der Waals surface area contributed by atoms with E-state index in [9.17, 15) is 9.90 Å². The van der Waals surface area contributed by atoms with E-state index in [0.29, 0.717) is 23.4 Å². The van der Waals surface area contributed by atoms with Crippen molar-refractivity contribution in [1.82, 2.24) is 15.2 Å². The third kappa shape index (κ3) is 5.60. The van der Waals surface area contributed by atoms with Crippen molar-refractivity contribution in [1.29, 1.82) is 0 Å². The molecule has 1 saturated heterocycles. The summed E-state index contributed by atoms with van der Waals surface area (Å²) in [5, 5.41) is 21.2. The predicted molar refractivity (Wildman–Crippen MR) is 157 cm³/mol. The molecule has 4 N–H and O–H groups in total. The lowest BCUT2D eigenvalue weighted by Crippen LogP contribution is -2.36. The first-order valence-corrected chi connectivity index (χ1v) is 13.2. The molecule has 2 aromatic heterocycles. The fourth-order valence-corrected chi connectivity index (χ4v) is 4.92. The normalized spacial score (nSPS) is 13.8. The summed E-state index contributed by atoms with van der Waals surface area (Å²) in [6.45, 7) is 5.12. The average molecular weight is 535 g/mol. The number of ether oxygens (including phenoxy) is 1. The van der Waals surface area contributed by atoms with Gasteiger partial charge in [0.25, 0.3) is 5.91 Å². The number of hydrogen-bond acceptors (Lipinski definition) is 6. The Labute approximate surface area is 231 Å². The Morgan fingerprint density at radius 2 is 1.88 bits per heavy atom. The Morgan fingerprint density at radius 3 is 2.65 bits per heavy atom. The molecule has 202 valence electrons. The molecule has 0 radical (unpaired) electrons. The zero-order valence-electron chi connectivity index (χ0n) is 22.1. The largest absolute Gasteiger partial charge is 0.494 e. The quantitative estimate of drug-likeness (QED) is 0.210. The van der Waals surface area contributed by atoms with E-state index in [0.717, 1.165) is 65.4 Å². The fourth-order valence-electron chi connectivity index (χ4n) is 4.92. The second kappa shape index (κ2) is 11.1. The van der Waals surface area contributed by atoms with Crippen LogP contribution in [0.2, 0.25) is 0 Å². The van der Waals surface area contributed by atoms with Gasteiger partial charge >= 0.3 is 0 Å². The van der Waals surface area contributed by atoms with Gasteiger partial charge in [-0.2, -0.15) is 5.10 Å². The van der Waals surface area contributed by atoms with Crippen molar-refractivity contribution in [3.63, 3.8) is 0 Å². The lowest BCUT2D eigenvalue weighted by atomic mass is 10.0. The molecule has 3 aromatic carbocycles. The maximum absolute atomic E-state index is 12.5. The Balaban J connectivity index is 1.18. The number of aromatic amines is 2. The molecule has 0 aliphatic carbocycles. The Kier molecular flexibility index (Phi) is 7.03. The SMILES string of the molecule is Cc1cc(C(=O)Nc2cccc(Cc3ccc4[nH]c(O)c(C=Nc5ccc(N6CCOCC6)cc5)c4c3)c2)n[nH]1. The molecule has 0 atom stereocenters. The fraction of sp³-hybridized carbons (Fsp3) is 0.194. The highest BCUT2D eigenvalue weighted by Gasteiger charge is 2.13. The minimum absolute atomic E-state index is 0.0825. The minimum atomic E-state index is -0.259. The van der Waals surface area contributed by atoms with Crippen molar-refractivity contribution in [2.75, 3.05) is 36.5 Å². The molecule has 9 nitrogen and oxygen atoms in total. The van der Waals surface area contributed by atoms with Crippen molar-refractivity contribution in [2.45, 2.75) is 13.3 Å². The molecule has 1 aliphatic rings. The average Bonchev–Trinajstić information content (AvgIpc) is 3.55. The van der Waals surface area contributed by atoms with Crippen LogP contribution in [0.25, 0.3) is 10.9 Å². The number of benzene rings is 3. The second-order valence-electron chi connectivity index (χ2n) is 9.91. The zero-order valence-corrected chi connectivity index (χ0v) is 22.1. The number of aromatic hydroxyl groups is 1. The van der Waals surface area contributed by atoms with E-state index < -0.39 is 0 Å². The maximum atomic E-state index is 12.5. The zero-order chi connectivity index (χ0) is 27.5. The molecular formula is C31H30N6O3. The van der Waals surface area contributed by atoms with Gasteiger partial charge in [0, 0.05) is 47.3 Å². The van der Waals surface area contributed by atoms with Gasteiger partial charge in [0.05, 0.1) is 24.5 Å². The Hall–Kier alpha value is -4.89. The van der Waals surface area contributed by atoms with Gasteiger partial charge in [-0.25, -0.2) is 0 Å². The van der Waals surface area contributed by atoms with E-state index >= 15 is 0 Å². The van der Waals surface area contributed by atoms with Crippen LogP contribution in [0.5, 0.6) is 5.88 Å². The summed E-state index contributed by atoms with van der Waals surface area (Å²) in [6, 6.07) is 23.6. The number of nitrogens with zero attached hydrogens (tertiary/aromatic N) is 3. The third-order valence-corrected chi connectivity index (χ3v) is 6.98. The van der Waals surface area contributed by atoms with Crippen LogP contribution in [0.4, 0.5) is 17.1 Å². The molecule has 9 heteroatoms. The summed E-state index contributed by atoms with van der Waals surface area (Å²) in [7, 11) is 0. The maximum Gasteiger partial charge on any atom is 0.276 e. The number of morpholine rings is 1. The lowest BCUT2D eigenvalue weighted by Gasteiger charge is -2.28. The number of carbonyl (C=O) groups is 1. The van der Waals surface area contributed by atoms with Crippen LogP contribution < -0.4 is 10.2 Å². The van der Waals surface area contributed by atoms with Crippen molar-refractivity contribution in [3.8, 4) is 5.88 Å². The third-order valence-electron chi connectivity index (χ3n) is 6.98. The van der Waals surface area contributed by atoms with Crippen molar-refractivity contribution in [2.24, 2.45) is 4.99 Å². The van der Waals surface area contributed by atoms with Crippen LogP contribution in [-0.2, 0) is 11.2 Å². The molecule has 0 spiro atoms. The van der Waals surface area contributed by atoms with Gasteiger partial charge in [0.15, 0.2) is 11.6 Å². The van der Waals surface area contributed by atoms with Crippen LogP contribution in [0.3, 0.4) is 0 Å². The molecule has 0 bridgehead atoms. The molecule has 0 unspecified atom stereocenters.